The van der Waals surface area contributed by atoms with Crippen LogP contribution in [0.2, 0.25) is 0 Å². The maximum absolute atomic E-state index is 12.9. The van der Waals surface area contributed by atoms with E-state index in [9.17, 15) is 9.59 Å². The normalized spacial score (nSPS) is 28.3. The molecule has 1 saturated heterocycles. The van der Waals surface area contributed by atoms with Crippen LogP contribution in [0.1, 0.15) is 43.7 Å². The number of nitrogens with one attached hydrogen (secondary N) is 1. The number of carbonyl (C=O) groups excluding carboxylic acids is 2. The molecule has 1 aliphatic heterocycles. The Labute approximate surface area is 137 Å². The van der Waals surface area contributed by atoms with Gasteiger partial charge in [-0.1, -0.05) is 36.8 Å². The quantitative estimate of drug-likeness (QED) is 0.889. The molecule has 1 saturated carbocycles. The number of nitrogens with zero attached hydrogens (tertiary/aromatic N) is 1. The van der Waals surface area contributed by atoms with Crippen LogP contribution in [0.5, 0.6) is 0 Å². The minimum absolute atomic E-state index is 0.00622. The molecule has 1 aliphatic carbocycles. The van der Waals surface area contributed by atoms with Crippen molar-refractivity contribution >= 4 is 11.8 Å². The first-order chi connectivity index (χ1) is 11.1. The summed E-state index contributed by atoms with van der Waals surface area (Å²) in [4.78, 5) is 26.7. The Morgan fingerprint density at radius 2 is 2.04 bits per heavy atom. The fourth-order valence-corrected chi connectivity index (χ4v) is 3.76. The average Bonchev–Trinajstić information content (AvgIpc) is 2.84. The van der Waals surface area contributed by atoms with Crippen molar-refractivity contribution in [2.75, 3.05) is 13.1 Å². The second kappa shape index (κ2) is 7.13. The Morgan fingerprint density at radius 1 is 1.26 bits per heavy atom. The molecule has 0 aromatic heterocycles. The average molecular weight is 315 g/mol. The van der Waals surface area contributed by atoms with Crippen LogP contribution in [-0.4, -0.2) is 35.8 Å². The first-order valence-corrected chi connectivity index (χ1v) is 8.52. The molecule has 1 heterocycles. The molecule has 5 heteroatoms. The summed E-state index contributed by atoms with van der Waals surface area (Å²) in [7, 11) is 0. The van der Waals surface area contributed by atoms with E-state index in [1.54, 1.807) is 0 Å². The highest BCUT2D eigenvalue weighted by Gasteiger charge is 2.33. The minimum Gasteiger partial charge on any atom is -0.354 e. The number of rotatable bonds is 3. The molecule has 1 aromatic rings. The van der Waals surface area contributed by atoms with Gasteiger partial charge in [-0.15, -0.1) is 0 Å². The van der Waals surface area contributed by atoms with E-state index in [4.69, 9.17) is 5.73 Å². The zero-order valence-electron chi connectivity index (χ0n) is 13.4. The summed E-state index contributed by atoms with van der Waals surface area (Å²) in [6.07, 6.45) is 3.99. The summed E-state index contributed by atoms with van der Waals surface area (Å²) < 4.78 is 0. The highest BCUT2D eigenvalue weighted by atomic mass is 16.2. The predicted octanol–water partition coefficient (Wildman–Crippen LogP) is 1.59. The number of carbonyl (C=O) groups is 2. The van der Waals surface area contributed by atoms with E-state index < -0.39 is 0 Å². The third-order valence-electron chi connectivity index (χ3n) is 5.09. The van der Waals surface area contributed by atoms with Gasteiger partial charge in [-0.25, -0.2) is 0 Å². The summed E-state index contributed by atoms with van der Waals surface area (Å²) in [5.74, 6) is 0.412. The lowest BCUT2D eigenvalue weighted by Gasteiger charge is -2.31. The zero-order chi connectivity index (χ0) is 16.2. The van der Waals surface area contributed by atoms with Crippen LogP contribution >= 0.6 is 0 Å². The van der Waals surface area contributed by atoms with Crippen molar-refractivity contribution in [3.63, 3.8) is 0 Å². The summed E-state index contributed by atoms with van der Waals surface area (Å²) >= 11 is 0. The van der Waals surface area contributed by atoms with Crippen molar-refractivity contribution in [1.82, 2.24) is 10.2 Å². The third kappa shape index (κ3) is 3.72. The molecule has 1 unspecified atom stereocenters. The number of hydrogen-bond acceptors (Lipinski definition) is 3. The van der Waals surface area contributed by atoms with Gasteiger partial charge in [-0.3, -0.25) is 9.59 Å². The molecule has 2 aliphatic rings. The Hall–Kier alpha value is -1.88. The number of benzene rings is 1. The lowest BCUT2D eigenvalue weighted by atomic mass is 9.97. The maximum Gasteiger partial charge on any atom is 0.223 e. The highest BCUT2D eigenvalue weighted by molar-refractivity contribution is 5.81. The molecule has 3 atom stereocenters. The molecule has 0 spiro atoms. The molecule has 1 aromatic carbocycles. The van der Waals surface area contributed by atoms with Gasteiger partial charge in [0.15, 0.2) is 0 Å². The third-order valence-corrected chi connectivity index (χ3v) is 5.09. The fourth-order valence-electron chi connectivity index (χ4n) is 3.76. The van der Waals surface area contributed by atoms with Crippen LogP contribution in [0, 0.1) is 5.92 Å². The first-order valence-electron chi connectivity index (χ1n) is 8.52. The van der Waals surface area contributed by atoms with E-state index in [-0.39, 0.29) is 29.8 Å². The van der Waals surface area contributed by atoms with Crippen molar-refractivity contribution in [3.05, 3.63) is 35.9 Å². The Bertz CT molecular complexity index is 561. The van der Waals surface area contributed by atoms with Gasteiger partial charge in [0.05, 0.1) is 12.5 Å². The van der Waals surface area contributed by atoms with Crippen molar-refractivity contribution < 1.29 is 9.59 Å². The van der Waals surface area contributed by atoms with Gasteiger partial charge in [-0.05, 0) is 24.3 Å². The molecule has 3 rings (SSSR count). The fraction of sp³-hybridized carbons (Fsp3) is 0.556. The molecule has 0 radical (unpaired) electrons. The first kappa shape index (κ1) is 16.0. The van der Waals surface area contributed by atoms with Gasteiger partial charge in [0.25, 0.3) is 0 Å². The SMILES string of the molecule is N[C@@H]1CCC[C@H]1CC(=O)N1CCNC(=O)CC1c1ccccc1. The number of nitrogens with two attached hydrogens (primary N) is 1. The van der Waals surface area contributed by atoms with Gasteiger partial charge in [-0.2, -0.15) is 0 Å². The van der Waals surface area contributed by atoms with Crippen LogP contribution in [-0.2, 0) is 9.59 Å². The Kier molecular flexibility index (Phi) is 4.96. The number of hydrogen-bond donors (Lipinski definition) is 2. The van der Waals surface area contributed by atoms with E-state index in [0.717, 1.165) is 24.8 Å². The lowest BCUT2D eigenvalue weighted by Crippen LogP contribution is -2.39. The minimum atomic E-state index is -0.177. The molecular formula is C18H25N3O2. The van der Waals surface area contributed by atoms with Gasteiger partial charge in [0.1, 0.15) is 0 Å². The second-order valence-corrected chi connectivity index (χ2v) is 6.63. The molecule has 0 bridgehead atoms. The molecule has 2 fully saturated rings. The predicted molar refractivity (Wildman–Crippen MR) is 88.5 cm³/mol. The summed E-state index contributed by atoms with van der Waals surface area (Å²) in [6.45, 7) is 1.08. The van der Waals surface area contributed by atoms with Crippen LogP contribution in [0.25, 0.3) is 0 Å². The van der Waals surface area contributed by atoms with Crippen LogP contribution < -0.4 is 11.1 Å². The lowest BCUT2D eigenvalue weighted by molar-refractivity contribution is -0.134. The monoisotopic (exact) mass is 315 g/mol. The number of amides is 2. The Balaban J connectivity index is 1.78. The molecule has 2 amide bonds. The van der Waals surface area contributed by atoms with Crippen LogP contribution in [0.15, 0.2) is 30.3 Å². The van der Waals surface area contributed by atoms with E-state index in [2.05, 4.69) is 5.32 Å². The molecule has 3 N–H and O–H groups in total. The summed E-state index contributed by atoms with van der Waals surface area (Å²) in [5, 5.41) is 2.87. The summed E-state index contributed by atoms with van der Waals surface area (Å²) in [6, 6.07) is 9.80. The Morgan fingerprint density at radius 3 is 2.74 bits per heavy atom. The van der Waals surface area contributed by atoms with Crippen molar-refractivity contribution in [3.8, 4) is 0 Å². The van der Waals surface area contributed by atoms with Crippen LogP contribution in [0.3, 0.4) is 0 Å². The smallest absolute Gasteiger partial charge is 0.223 e. The molecule has 5 nitrogen and oxygen atoms in total. The van der Waals surface area contributed by atoms with E-state index in [1.807, 2.05) is 35.2 Å². The summed E-state index contributed by atoms with van der Waals surface area (Å²) in [5.41, 5.74) is 7.14. The van der Waals surface area contributed by atoms with E-state index >= 15 is 0 Å². The van der Waals surface area contributed by atoms with E-state index in [1.165, 1.54) is 0 Å². The highest BCUT2D eigenvalue weighted by Crippen LogP contribution is 2.31. The molecule has 23 heavy (non-hydrogen) atoms. The van der Waals surface area contributed by atoms with Crippen molar-refractivity contribution in [2.24, 2.45) is 11.7 Å². The van der Waals surface area contributed by atoms with Gasteiger partial charge in [0.2, 0.25) is 11.8 Å². The van der Waals surface area contributed by atoms with Gasteiger partial charge >= 0.3 is 0 Å². The van der Waals surface area contributed by atoms with Gasteiger partial charge in [0, 0.05) is 25.6 Å². The van der Waals surface area contributed by atoms with Gasteiger partial charge < -0.3 is 16.0 Å². The largest absolute Gasteiger partial charge is 0.354 e. The standard InChI is InChI=1S/C18H25N3O2/c19-15-8-4-7-14(15)11-18(23)21-10-9-20-17(22)12-16(21)13-5-2-1-3-6-13/h1-3,5-6,14-16H,4,7-12,19H2,(H,20,22)/t14-,15+,16?/m0/s1. The molecular weight excluding hydrogens is 290 g/mol. The molecule has 124 valence electrons. The van der Waals surface area contributed by atoms with Crippen molar-refractivity contribution in [1.29, 1.82) is 0 Å². The van der Waals surface area contributed by atoms with Crippen molar-refractivity contribution in [2.45, 2.75) is 44.2 Å². The second-order valence-electron chi connectivity index (χ2n) is 6.63. The zero-order valence-corrected chi connectivity index (χ0v) is 13.4. The van der Waals surface area contributed by atoms with Crippen LogP contribution in [0.4, 0.5) is 0 Å². The van der Waals surface area contributed by atoms with E-state index in [0.29, 0.717) is 25.9 Å². The topological polar surface area (TPSA) is 75.4 Å². The maximum atomic E-state index is 12.9.